The first kappa shape index (κ1) is 27.6. The van der Waals surface area contributed by atoms with Crippen molar-refractivity contribution in [2.45, 2.75) is 0 Å². The smallest absolute Gasteiger partial charge is 0.335 e. The van der Waals surface area contributed by atoms with Gasteiger partial charge in [0.25, 0.3) is 23.4 Å². The zero-order valence-corrected chi connectivity index (χ0v) is 21.7. The van der Waals surface area contributed by atoms with Gasteiger partial charge >= 0.3 is 6.03 Å². The van der Waals surface area contributed by atoms with Crippen LogP contribution < -0.4 is 20.3 Å². The molecule has 0 saturated carbocycles. The maximum atomic E-state index is 13.2. The van der Waals surface area contributed by atoms with Crippen molar-refractivity contribution in [2.75, 3.05) is 16.8 Å². The topological polar surface area (TPSA) is 148 Å². The number of benzene rings is 3. The minimum atomic E-state index is -1.03. The monoisotopic (exact) mass is 588 g/mol. The Hall–Kier alpha value is -4.45. The number of nitrogens with zero attached hydrogens (tertiary/aromatic N) is 2. The van der Waals surface area contributed by atoms with Crippen LogP contribution in [0.1, 0.15) is 5.56 Å². The number of ether oxygens (including phenoxy) is 1. The molecular weight excluding hydrogens is 575 g/mol. The van der Waals surface area contributed by atoms with Crippen LogP contribution in [0.2, 0.25) is 15.1 Å². The number of halogens is 3. The van der Waals surface area contributed by atoms with Crippen LogP contribution in [0.5, 0.6) is 5.75 Å². The van der Waals surface area contributed by atoms with E-state index in [1.807, 2.05) is 0 Å². The van der Waals surface area contributed by atoms with Gasteiger partial charge in [-0.1, -0.05) is 34.8 Å². The van der Waals surface area contributed by atoms with E-state index in [0.29, 0.717) is 15.6 Å². The molecule has 1 saturated heterocycles. The van der Waals surface area contributed by atoms with Gasteiger partial charge in [-0.15, -0.1) is 0 Å². The quantitative estimate of drug-likeness (QED) is 0.166. The number of hydrogen-bond acceptors (Lipinski definition) is 7. The van der Waals surface area contributed by atoms with Crippen LogP contribution >= 0.6 is 34.8 Å². The van der Waals surface area contributed by atoms with Crippen molar-refractivity contribution in [2.24, 2.45) is 0 Å². The summed E-state index contributed by atoms with van der Waals surface area (Å²) in [6.07, 6.45) is 1.15. The Morgan fingerprint density at radius 2 is 1.72 bits per heavy atom. The number of anilines is 2. The van der Waals surface area contributed by atoms with Crippen molar-refractivity contribution in [1.82, 2.24) is 5.32 Å². The summed E-state index contributed by atoms with van der Waals surface area (Å²) < 4.78 is 5.60. The molecule has 1 fully saturated rings. The predicted molar refractivity (Wildman–Crippen MR) is 144 cm³/mol. The molecule has 11 nitrogen and oxygen atoms in total. The lowest BCUT2D eigenvalue weighted by atomic mass is 10.1. The van der Waals surface area contributed by atoms with Crippen LogP contribution in [-0.2, 0) is 14.4 Å². The molecule has 1 heterocycles. The number of nitro groups is 1. The van der Waals surface area contributed by atoms with E-state index < -0.39 is 40.9 Å². The van der Waals surface area contributed by atoms with Crippen LogP contribution in [0.4, 0.5) is 21.9 Å². The summed E-state index contributed by atoms with van der Waals surface area (Å²) in [6, 6.07) is 12.4. The minimum Gasteiger partial charge on any atom is -0.483 e. The van der Waals surface area contributed by atoms with E-state index in [-0.39, 0.29) is 32.7 Å². The third-order valence-corrected chi connectivity index (χ3v) is 6.23. The molecule has 198 valence electrons. The summed E-state index contributed by atoms with van der Waals surface area (Å²) in [6.45, 7) is -0.453. The molecular formula is C25H15Cl3N4O7. The number of hydrogen-bond donors (Lipinski definition) is 2. The van der Waals surface area contributed by atoms with Gasteiger partial charge in [-0.05, 0) is 54.6 Å². The molecule has 14 heteroatoms. The molecule has 0 bridgehead atoms. The lowest BCUT2D eigenvalue weighted by Crippen LogP contribution is -2.54. The Kier molecular flexibility index (Phi) is 8.15. The van der Waals surface area contributed by atoms with Crippen LogP contribution in [0.15, 0.2) is 66.2 Å². The van der Waals surface area contributed by atoms with Crippen molar-refractivity contribution in [3.05, 3.63) is 97.0 Å². The molecule has 0 radical (unpaired) electrons. The first-order valence-corrected chi connectivity index (χ1v) is 12.0. The number of imide groups is 2. The molecule has 0 aliphatic carbocycles. The molecule has 3 aromatic carbocycles. The highest BCUT2D eigenvalue weighted by Crippen LogP contribution is 2.29. The second-order valence-electron chi connectivity index (χ2n) is 7.88. The number of nitro benzene ring substituents is 1. The number of non-ortho nitro benzene ring substituents is 1. The molecule has 0 aromatic heterocycles. The number of nitrogens with one attached hydrogen (secondary N) is 2. The maximum absolute atomic E-state index is 13.2. The summed E-state index contributed by atoms with van der Waals surface area (Å²) >= 11 is 17.9. The highest BCUT2D eigenvalue weighted by Gasteiger charge is 2.37. The van der Waals surface area contributed by atoms with Crippen LogP contribution in [0.25, 0.3) is 6.08 Å². The summed E-state index contributed by atoms with van der Waals surface area (Å²) in [7, 11) is 0. The maximum Gasteiger partial charge on any atom is 0.335 e. The fraction of sp³-hybridized carbons (Fsp3) is 0.0400. The van der Waals surface area contributed by atoms with E-state index in [1.165, 1.54) is 42.5 Å². The summed E-state index contributed by atoms with van der Waals surface area (Å²) in [5.74, 6) is -2.40. The lowest BCUT2D eigenvalue weighted by Gasteiger charge is -2.26. The minimum absolute atomic E-state index is 0.00282. The highest BCUT2D eigenvalue weighted by molar-refractivity contribution is 6.42. The molecule has 4 rings (SSSR count). The average Bonchev–Trinajstić information content (AvgIpc) is 2.88. The molecule has 1 aliphatic heterocycles. The third kappa shape index (κ3) is 6.34. The fourth-order valence-electron chi connectivity index (χ4n) is 3.45. The third-order valence-electron chi connectivity index (χ3n) is 5.25. The molecule has 0 atom stereocenters. The van der Waals surface area contributed by atoms with E-state index in [4.69, 9.17) is 39.5 Å². The van der Waals surface area contributed by atoms with Crippen LogP contribution in [0, 0.1) is 10.1 Å². The van der Waals surface area contributed by atoms with Gasteiger partial charge in [0.15, 0.2) is 6.61 Å². The van der Waals surface area contributed by atoms with Crippen molar-refractivity contribution in [3.63, 3.8) is 0 Å². The zero-order chi connectivity index (χ0) is 28.3. The van der Waals surface area contributed by atoms with Crippen molar-refractivity contribution >= 4 is 81.7 Å². The van der Waals surface area contributed by atoms with Gasteiger partial charge in [-0.2, -0.15) is 0 Å². The number of carbonyl (C=O) groups is 4. The first-order chi connectivity index (χ1) is 18.5. The molecule has 39 heavy (non-hydrogen) atoms. The zero-order valence-electron chi connectivity index (χ0n) is 19.4. The Balaban J connectivity index is 1.57. The fourth-order valence-corrected chi connectivity index (χ4v) is 3.93. The molecule has 5 amide bonds. The number of carbonyl (C=O) groups excluding carboxylic acids is 4. The van der Waals surface area contributed by atoms with Gasteiger partial charge in [-0.25, -0.2) is 9.69 Å². The van der Waals surface area contributed by atoms with E-state index in [9.17, 15) is 29.3 Å². The van der Waals surface area contributed by atoms with Gasteiger partial charge < -0.3 is 10.1 Å². The van der Waals surface area contributed by atoms with Gasteiger partial charge in [0, 0.05) is 28.4 Å². The van der Waals surface area contributed by atoms with Crippen molar-refractivity contribution in [1.29, 1.82) is 0 Å². The first-order valence-electron chi connectivity index (χ1n) is 10.9. The lowest BCUT2D eigenvalue weighted by molar-refractivity contribution is -0.384. The number of barbiturate groups is 1. The largest absolute Gasteiger partial charge is 0.483 e. The molecule has 1 aliphatic rings. The number of rotatable bonds is 7. The van der Waals surface area contributed by atoms with E-state index >= 15 is 0 Å². The Morgan fingerprint density at radius 1 is 1.00 bits per heavy atom. The van der Waals surface area contributed by atoms with Gasteiger partial charge in [-0.3, -0.25) is 29.8 Å². The predicted octanol–water partition coefficient (Wildman–Crippen LogP) is 5.24. The summed E-state index contributed by atoms with van der Waals surface area (Å²) in [5, 5.41) is 16.4. The molecule has 0 unspecified atom stereocenters. The SMILES string of the molecule is O=C(COc1ccc(Cl)cc1/C=C1/C(=O)NC(=O)N(c2ccc([N+](=O)[O-])cc2)C1=O)Nc1ccc(Cl)c(Cl)c1. The number of amides is 5. The van der Waals surface area contributed by atoms with Gasteiger partial charge in [0.1, 0.15) is 11.3 Å². The molecule has 2 N–H and O–H groups in total. The Morgan fingerprint density at radius 3 is 2.38 bits per heavy atom. The normalized spacial score (nSPS) is 14.3. The van der Waals surface area contributed by atoms with E-state index in [1.54, 1.807) is 6.07 Å². The van der Waals surface area contributed by atoms with Gasteiger partial charge in [0.2, 0.25) is 0 Å². The van der Waals surface area contributed by atoms with Crippen LogP contribution in [-0.4, -0.2) is 35.3 Å². The van der Waals surface area contributed by atoms with Crippen molar-refractivity contribution < 1.29 is 28.8 Å². The average molecular weight is 590 g/mol. The molecule has 3 aromatic rings. The Bertz CT molecular complexity index is 1560. The summed E-state index contributed by atoms with van der Waals surface area (Å²) in [5.41, 5.74) is -0.138. The summed E-state index contributed by atoms with van der Waals surface area (Å²) in [4.78, 5) is 61.5. The highest BCUT2D eigenvalue weighted by atomic mass is 35.5. The second kappa shape index (κ2) is 11.5. The number of urea groups is 1. The standard InChI is InChI=1S/C25H15Cl3N4O7/c26-14-1-8-21(39-12-22(33)29-15-2-7-19(27)20(28)11-15)13(9-14)10-18-23(34)30-25(36)31(24(18)35)16-3-5-17(6-4-16)32(37)38/h1-11H,12H2,(H,29,33)(H,30,34,36)/b18-10-. The van der Waals surface area contributed by atoms with Gasteiger partial charge in [0.05, 0.1) is 20.7 Å². The van der Waals surface area contributed by atoms with E-state index in [2.05, 4.69) is 10.6 Å². The second-order valence-corrected chi connectivity index (χ2v) is 9.13. The Labute approximate surface area is 235 Å². The van der Waals surface area contributed by atoms with Crippen molar-refractivity contribution in [3.8, 4) is 5.75 Å². The van der Waals surface area contributed by atoms with Crippen LogP contribution in [0.3, 0.4) is 0 Å². The van der Waals surface area contributed by atoms with E-state index in [0.717, 1.165) is 18.2 Å². The molecule has 0 spiro atoms.